The molecule has 0 bridgehead atoms. The molecule has 0 fully saturated rings. The smallest absolute Gasteiger partial charge is 0.265 e. The normalized spacial score (nSPS) is 18.9. The topological polar surface area (TPSA) is 69.7 Å². The summed E-state index contributed by atoms with van der Waals surface area (Å²) in [5.41, 5.74) is 0. The lowest BCUT2D eigenvalue weighted by molar-refractivity contribution is 0.235. The largest absolute Gasteiger partial charge is 0.327 e. The van der Waals surface area contributed by atoms with Gasteiger partial charge >= 0.3 is 0 Å². The minimum atomic E-state index is -3.59. The first-order valence-corrected chi connectivity index (χ1v) is 8.28. The van der Waals surface area contributed by atoms with Gasteiger partial charge in [-0.1, -0.05) is 6.92 Å². The van der Waals surface area contributed by atoms with Crippen LogP contribution in [0.25, 0.3) is 0 Å². The monoisotopic (exact) mass is 244 g/mol. The Morgan fingerprint density at radius 1 is 1.36 bits per heavy atom. The van der Waals surface area contributed by atoms with E-state index in [1.165, 1.54) is 6.66 Å². The van der Waals surface area contributed by atoms with E-state index in [2.05, 4.69) is 4.18 Å². The Kier molecular flexibility index (Phi) is 5.30. The second-order valence-electron chi connectivity index (χ2n) is 2.99. The molecular weight excluding hydrogens is 227 g/mol. The third-order valence-electron chi connectivity index (χ3n) is 1.54. The summed E-state index contributed by atoms with van der Waals surface area (Å²) in [7, 11) is -6.59. The Morgan fingerprint density at radius 3 is 2.14 bits per heavy atom. The summed E-state index contributed by atoms with van der Waals surface area (Å²) in [6, 6.07) is 0. The molecule has 0 heterocycles. The first-order valence-electron chi connectivity index (χ1n) is 4.33. The van der Waals surface area contributed by atoms with Crippen LogP contribution in [0.1, 0.15) is 20.3 Å². The van der Waals surface area contributed by atoms with Crippen molar-refractivity contribution in [3.05, 3.63) is 0 Å². The molecule has 0 radical (unpaired) electrons. The van der Waals surface area contributed by atoms with E-state index in [4.69, 9.17) is 4.52 Å². The molecule has 0 amide bonds. The standard InChI is InChI=1S/C7H17O5PS/c1-5-7(12-14(4,9)10)13(3,8)11-6-2/h7H,5-6H2,1-4H3. The molecule has 0 spiro atoms. The molecule has 0 aliphatic heterocycles. The number of hydrogen-bond acceptors (Lipinski definition) is 5. The van der Waals surface area contributed by atoms with Crippen molar-refractivity contribution >= 4 is 17.5 Å². The van der Waals surface area contributed by atoms with Crippen LogP contribution in [0.4, 0.5) is 0 Å². The van der Waals surface area contributed by atoms with Crippen LogP contribution >= 0.6 is 7.37 Å². The molecule has 0 aromatic carbocycles. The quantitative estimate of drug-likeness (QED) is 0.524. The second-order valence-corrected chi connectivity index (χ2v) is 7.24. The Hall–Kier alpha value is 0.100. The van der Waals surface area contributed by atoms with E-state index in [0.29, 0.717) is 6.42 Å². The van der Waals surface area contributed by atoms with Gasteiger partial charge in [-0.2, -0.15) is 8.42 Å². The van der Waals surface area contributed by atoms with E-state index in [1.807, 2.05) is 0 Å². The first-order chi connectivity index (χ1) is 6.23. The summed E-state index contributed by atoms with van der Waals surface area (Å²) in [6.45, 7) is 5.06. The average molecular weight is 244 g/mol. The maximum Gasteiger partial charge on any atom is 0.265 e. The van der Waals surface area contributed by atoms with Gasteiger partial charge in [-0.15, -0.1) is 0 Å². The lowest BCUT2D eigenvalue weighted by Gasteiger charge is -2.21. The SMILES string of the molecule is CCOP(C)(=O)C(CC)OS(C)(=O)=O. The maximum absolute atomic E-state index is 11.8. The highest BCUT2D eigenvalue weighted by atomic mass is 32.2. The number of rotatable bonds is 6. The zero-order chi connectivity index (χ0) is 11.4. The zero-order valence-corrected chi connectivity index (χ0v) is 10.6. The Morgan fingerprint density at radius 2 is 1.86 bits per heavy atom. The highest BCUT2D eigenvalue weighted by Gasteiger charge is 2.31. The molecule has 2 atom stereocenters. The molecule has 0 rings (SSSR count). The molecule has 0 aliphatic rings. The van der Waals surface area contributed by atoms with Gasteiger partial charge in [0.05, 0.1) is 12.9 Å². The summed E-state index contributed by atoms with van der Waals surface area (Å²) in [6.07, 6.45) is 1.27. The van der Waals surface area contributed by atoms with Crippen LogP contribution < -0.4 is 0 Å². The average Bonchev–Trinajstić information content (AvgIpc) is 1.98. The first kappa shape index (κ1) is 14.1. The third-order valence-corrected chi connectivity index (χ3v) is 4.56. The van der Waals surface area contributed by atoms with Crippen molar-refractivity contribution in [1.29, 1.82) is 0 Å². The van der Waals surface area contributed by atoms with Crippen LogP contribution in [0.3, 0.4) is 0 Å². The van der Waals surface area contributed by atoms with Crippen molar-refractivity contribution in [2.24, 2.45) is 0 Å². The molecule has 2 unspecified atom stereocenters. The maximum atomic E-state index is 11.8. The van der Waals surface area contributed by atoms with E-state index >= 15 is 0 Å². The molecule has 0 aliphatic carbocycles. The summed E-state index contributed by atoms with van der Waals surface area (Å²) in [5, 5.41) is 0. The fraction of sp³-hybridized carbons (Fsp3) is 1.00. The van der Waals surface area contributed by atoms with E-state index in [-0.39, 0.29) is 6.61 Å². The molecule has 0 aromatic rings. The molecule has 86 valence electrons. The highest BCUT2D eigenvalue weighted by Crippen LogP contribution is 2.50. The van der Waals surface area contributed by atoms with Crippen LogP contribution in [0.2, 0.25) is 0 Å². The van der Waals surface area contributed by atoms with Crippen molar-refractivity contribution < 1.29 is 21.7 Å². The van der Waals surface area contributed by atoms with Crippen molar-refractivity contribution in [2.45, 2.75) is 26.1 Å². The van der Waals surface area contributed by atoms with Gasteiger partial charge in [0.25, 0.3) is 10.1 Å². The summed E-state index contributed by atoms with van der Waals surface area (Å²) in [4.78, 5) is 0. The van der Waals surface area contributed by atoms with Gasteiger partial charge in [-0.3, -0.25) is 8.75 Å². The van der Waals surface area contributed by atoms with Crippen LogP contribution in [0.15, 0.2) is 0 Å². The van der Waals surface area contributed by atoms with Crippen LogP contribution in [-0.4, -0.2) is 33.8 Å². The van der Waals surface area contributed by atoms with E-state index < -0.39 is 23.3 Å². The highest BCUT2D eigenvalue weighted by molar-refractivity contribution is 7.86. The molecule has 7 heteroatoms. The van der Waals surface area contributed by atoms with E-state index in [9.17, 15) is 13.0 Å². The summed E-state index contributed by atoms with van der Waals surface area (Å²) >= 11 is 0. The van der Waals surface area contributed by atoms with Crippen molar-refractivity contribution in [2.75, 3.05) is 19.5 Å². The van der Waals surface area contributed by atoms with Crippen LogP contribution in [0, 0.1) is 0 Å². The van der Waals surface area contributed by atoms with Gasteiger partial charge in [0.15, 0.2) is 5.85 Å². The molecule has 0 N–H and O–H groups in total. The Bertz CT molecular complexity index is 310. The van der Waals surface area contributed by atoms with Gasteiger partial charge in [-0.25, -0.2) is 0 Å². The van der Waals surface area contributed by atoms with Gasteiger partial charge in [-0.05, 0) is 13.3 Å². The molecule has 0 saturated carbocycles. The van der Waals surface area contributed by atoms with Crippen molar-refractivity contribution in [3.63, 3.8) is 0 Å². The van der Waals surface area contributed by atoms with Crippen LogP contribution in [0.5, 0.6) is 0 Å². The van der Waals surface area contributed by atoms with Crippen molar-refractivity contribution in [1.82, 2.24) is 0 Å². The van der Waals surface area contributed by atoms with Gasteiger partial charge in [0.2, 0.25) is 7.37 Å². The summed E-state index contributed by atoms with van der Waals surface area (Å²) in [5.74, 6) is -0.877. The predicted molar refractivity (Wildman–Crippen MR) is 55.2 cm³/mol. The molecule has 0 aromatic heterocycles. The van der Waals surface area contributed by atoms with Gasteiger partial charge < -0.3 is 4.52 Å². The zero-order valence-electron chi connectivity index (χ0n) is 8.89. The van der Waals surface area contributed by atoms with Gasteiger partial charge in [0, 0.05) is 6.66 Å². The van der Waals surface area contributed by atoms with Crippen LogP contribution in [-0.2, 0) is 23.4 Å². The van der Waals surface area contributed by atoms with E-state index in [1.54, 1.807) is 13.8 Å². The number of hydrogen-bond donors (Lipinski definition) is 0. The Labute approximate surface area is 85.4 Å². The minimum Gasteiger partial charge on any atom is -0.327 e. The fourth-order valence-electron chi connectivity index (χ4n) is 1.02. The van der Waals surface area contributed by atoms with E-state index in [0.717, 1.165) is 6.26 Å². The fourth-order valence-corrected chi connectivity index (χ4v) is 4.00. The van der Waals surface area contributed by atoms with Gasteiger partial charge in [0.1, 0.15) is 0 Å². The lowest BCUT2D eigenvalue weighted by atomic mass is 10.5. The predicted octanol–water partition coefficient (Wildman–Crippen LogP) is 1.64. The minimum absolute atomic E-state index is 0.275. The third kappa shape index (κ3) is 5.10. The summed E-state index contributed by atoms with van der Waals surface area (Å²) < 4.78 is 43.2. The molecular formula is C7H17O5PS. The lowest BCUT2D eigenvalue weighted by Crippen LogP contribution is -2.18. The molecule has 0 saturated heterocycles. The molecule has 5 nitrogen and oxygen atoms in total. The molecule has 14 heavy (non-hydrogen) atoms. The Balaban J connectivity index is 4.65. The van der Waals surface area contributed by atoms with Crippen molar-refractivity contribution in [3.8, 4) is 0 Å². The second kappa shape index (κ2) is 5.26.